The number of carbonyl (C=O) groups is 1. The van der Waals surface area contributed by atoms with Gasteiger partial charge in [0.25, 0.3) is 0 Å². The lowest BCUT2D eigenvalue weighted by molar-refractivity contribution is -0.119. The highest BCUT2D eigenvalue weighted by molar-refractivity contribution is 6.05. The summed E-state index contributed by atoms with van der Waals surface area (Å²) < 4.78 is 0. The fourth-order valence-corrected chi connectivity index (χ4v) is 4.12. The van der Waals surface area contributed by atoms with Crippen molar-refractivity contribution in [2.75, 3.05) is 22.2 Å². The molecular formula is C25H27N3O. The molecule has 4 rings (SSSR count). The van der Waals surface area contributed by atoms with Crippen molar-refractivity contribution in [2.45, 2.75) is 32.9 Å². The molecule has 1 aliphatic heterocycles. The van der Waals surface area contributed by atoms with E-state index < -0.39 is 0 Å². The number of benzene rings is 3. The lowest BCUT2D eigenvalue weighted by Gasteiger charge is -2.42. The molecule has 1 unspecified atom stereocenters. The molecule has 4 heteroatoms. The van der Waals surface area contributed by atoms with Crippen LogP contribution in [0.25, 0.3) is 11.1 Å². The van der Waals surface area contributed by atoms with E-state index in [-0.39, 0.29) is 18.0 Å². The first-order valence-corrected chi connectivity index (χ1v) is 10.1. The molecule has 3 aromatic rings. The third-order valence-electron chi connectivity index (χ3n) is 5.53. The number of rotatable bonds is 4. The lowest BCUT2D eigenvalue weighted by Crippen LogP contribution is -2.53. The topological polar surface area (TPSA) is 35.6 Å². The van der Waals surface area contributed by atoms with Crippen LogP contribution in [0.3, 0.4) is 0 Å². The van der Waals surface area contributed by atoms with Gasteiger partial charge in [-0.1, -0.05) is 42.5 Å². The summed E-state index contributed by atoms with van der Waals surface area (Å²) in [7, 11) is 1.85. The quantitative estimate of drug-likeness (QED) is 0.628. The van der Waals surface area contributed by atoms with E-state index in [4.69, 9.17) is 0 Å². The van der Waals surface area contributed by atoms with Crippen molar-refractivity contribution in [3.63, 3.8) is 0 Å². The third-order valence-corrected chi connectivity index (χ3v) is 5.53. The van der Waals surface area contributed by atoms with Gasteiger partial charge in [-0.05, 0) is 62.2 Å². The number of amides is 1. The zero-order valence-electron chi connectivity index (χ0n) is 17.4. The van der Waals surface area contributed by atoms with Gasteiger partial charge in [0.15, 0.2) is 0 Å². The molecule has 1 heterocycles. The Kier molecular flexibility index (Phi) is 5.01. The Labute approximate surface area is 172 Å². The number of carbonyl (C=O) groups excluding carboxylic acids is 1. The van der Waals surface area contributed by atoms with E-state index in [1.807, 2.05) is 32.2 Å². The maximum absolute atomic E-state index is 12.6. The molecule has 3 aromatic carbocycles. The summed E-state index contributed by atoms with van der Waals surface area (Å²) in [5.74, 6) is 0.127. The van der Waals surface area contributed by atoms with Crippen molar-refractivity contribution < 1.29 is 4.79 Å². The second kappa shape index (κ2) is 7.63. The molecule has 1 N–H and O–H groups in total. The Hall–Kier alpha value is -3.27. The van der Waals surface area contributed by atoms with Gasteiger partial charge in [0.1, 0.15) is 6.04 Å². The standard InChI is InChI=1S/C25H27N3O/c1-17(2)28-18(3)25(29)27(4)23-14-13-22(16-24(23)28)26-21-12-8-11-20(15-21)19-9-6-5-7-10-19/h5-18,26H,1-4H3. The van der Waals surface area contributed by atoms with Crippen molar-refractivity contribution in [3.8, 4) is 11.1 Å². The summed E-state index contributed by atoms with van der Waals surface area (Å²) in [5, 5.41) is 3.53. The summed E-state index contributed by atoms with van der Waals surface area (Å²) in [6.45, 7) is 6.23. The van der Waals surface area contributed by atoms with Gasteiger partial charge in [0.2, 0.25) is 5.91 Å². The van der Waals surface area contributed by atoms with Crippen LogP contribution in [0.1, 0.15) is 20.8 Å². The fraction of sp³-hybridized carbons (Fsp3) is 0.240. The van der Waals surface area contributed by atoms with E-state index in [0.29, 0.717) is 0 Å². The number of hydrogen-bond donors (Lipinski definition) is 1. The number of anilines is 4. The zero-order chi connectivity index (χ0) is 20.5. The average Bonchev–Trinajstić information content (AvgIpc) is 2.73. The van der Waals surface area contributed by atoms with Gasteiger partial charge in [0, 0.05) is 24.5 Å². The van der Waals surface area contributed by atoms with Crippen LogP contribution in [0, 0.1) is 0 Å². The number of fused-ring (bicyclic) bond motifs is 1. The molecule has 0 aliphatic carbocycles. The highest BCUT2D eigenvalue weighted by Gasteiger charge is 2.34. The molecule has 0 saturated heterocycles. The first-order valence-electron chi connectivity index (χ1n) is 10.1. The van der Waals surface area contributed by atoms with Crippen LogP contribution in [-0.2, 0) is 4.79 Å². The maximum atomic E-state index is 12.6. The van der Waals surface area contributed by atoms with Crippen molar-refractivity contribution >= 4 is 28.7 Å². The Morgan fingerprint density at radius 1 is 0.828 bits per heavy atom. The smallest absolute Gasteiger partial charge is 0.249 e. The average molecular weight is 386 g/mol. The van der Waals surface area contributed by atoms with Crippen LogP contribution in [0.15, 0.2) is 72.8 Å². The summed E-state index contributed by atoms with van der Waals surface area (Å²) in [5.41, 5.74) is 6.45. The van der Waals surface area contributed by atoms with Crippen LogP contribution in [0.4, 0.5) is 22.7 Å². The highest BCUT2D eigenvalue weighted by Crippen LogP contribution is 2.39. The van der Waals surface area contributed by atoms with Gasteiger partial charge in [0.05, 0.1) is 11.4 Å². The Balaban J connectivity index is 1.67. The Morgan fingerprint density at radius 3 is 2.24 bits per heavy atom. The van der Waals surface area contributed by atoms with Crippen molar-refractivity contribution in [1.29, 1.82) is 0 Å². The Morgan fingerprint density at radius 2 is 1.52 bits per heavy atom. The summed E-state index contributed by atoms with van der Waals surface area (Å²) in [6, 6.07) is 25.1. The second-order valence-electron chi connectivity index (χ2n) is 7.85. The molecule has 29 heavy (non-hydrogen) atoms. The van der Waals surface area contributed by atoms with E-state index in [0.717, 1.165) is 22.7 Å². The van der Waals surface area contributed by atoms with Crippen molar-refractivity contribution in [1.82, 2.24) is 0 Å². The SMILES string of the molecule is CC(C)N1c2cc(Nc3cccc(-c4ccccc4)c3)ccc2N(C)C(=O)C1C. The van der Waals surface area contributed by atoms with Gasteiger partial charge in [-0.25, -0.2) is 0 Å². The molecule has 0 saturated carbocycles. The van der Waals surface area contributed by atoms with E-state index in [9.17, 15) is 4.79 Å². The predicted octanol–water partition coefficient (Wildman–Crippen LogP) is 5.68. The molecule has 0 fully saturated rings. The molecule has 0 bridgehead atoms. The first-order chi connectivity index (χ1) is 14.0. The minimum atomic E-state index is -0.177. The van der Waals surface area contributed by atoms with Crippen molar-refractivity contribution in [3.05, 3.63) is 72.8 Å². The van der Waals surface area contributed by atoms with E-state index in [1.165, 1.54) is 11.1 Å². The van der Waals surface area contributed by atoms with Crippen LogP contribution in [0.2, 0.25) is 0 Å². The van der Waals surface area contributed by atoms with Crippen LogP contribution in [0.5, 0.6) is 0 Å². The summed E-state index contributed by atoms with van der Waals surface area (Å²) in [6.07, 6.45) is 0. The summed E-state index contributed by atoms with van der Waals surface area (Å²) >= 11 is 0. The molecule has 1 amide bonds. The molecule has 148 valence electrons. The van der Waals surface area contributed by atoms with Gasteiger partial charge in [-0.3, -0.25) is 4.79 Å². The zero-order valence-corrected chi connectivity index (χ0v) is 17.4. The predicted molar refractivity (Wildman–Crippen MR) is 122 cm³/mol. The second-order valence-corrected chi connectivity index (χ2v) is 7.85. The number of nitrogens with one attached hydrogen (secondary N) is 1. The van der Waals surface area contributed by atoms with Gasteiger partial charge < -0.3 is 15.1 Å². The van der Waals surface area contributed by atoms with Crippen LogP contribution in [-0.4, -0.2) is 25.0 Å². The van der Waals surface area contributed by atoms with Gasteiger partial charge in [-0.2, -0.15) is 0 Å². The third kappa shape index (κ3) is 3.58. The lowest BCUT2D eigenvalue weighted by atomic mass is 10.0. The number of likely N-dealkylation sites (N-methyl/N-ethyl adjacent to an activating group) is 1. The molecule has 0 radical (unpaired) electrons. The van der Waals surface area contributed by atoms with Gasteiger partial charge >= 0.3 is 0 Å². The molecule has 4 nitrogen and oxygen atoms in total. The molecule has 1 atom stereocenters. The normalized spacial score (nSPS) is 16.2. The Bertz CT molecular complexity index is 1030. The van der Waals surface area contributed by atoms with E-state index in [2.05, 4.69) is 78.7 Å². The minimum absolute atomic E-state index is 0.127. The highest BCUT2D eigenvalue weighted by atomic mass is 16.2. The van der Waals surface area contributed by atoms with Crippen LogP contribution >= 0.6 is 0 Å². The van der Waals surface area contributed by atoms with E-state index in [1.54, 1.807) is 4.90 Å². The number of nitrogens with zero attached hydrogens (tertiary/aromatic N) is 2. The molecule has 0 spiro atoms. The first kappa shape index (κ1) is 19.1. The maximum Gasteiger partial charge on any atom is 0.249 e. The number of hydrogen-bond acceptors (Lipinski definition) is 3. The van der Waals surface area contributed by atoms with E-state index >= 15 is 0 Å². The van der Waals surface area contributed by atoms with Gasteiger partial charge in [-0.15, -0.1) is 0 Å². The molecular weight excluding hydrogens is 358 g/mol. The minimum Gasteiger partial charge on any atom is -0.356 e. The fourth-order valence-electron chi connectivity index (χ4n) is 4.12. The molecule has 1 aliphatic rings. The molecule has 0 aromatic heterocycles. The monoisotopic (exact) mass is 385 g/mol. The van der Waals surface area contributed by atoms with Crippen LogP contribution < -0.4 is 15.1 Å². The van der Waals surface area contributed by atoms with Crippen molar-refractivity contribution in [2.24, 2.45) is 0 Å². The largest absolute Gasteiger partial charge is 0.356 e. The summed E-state index contributed by atoms with van der Waals surface area (Å²) in [4.78, 5) is 16.6.